The second-order valence-electron chi connectivity index (χ2n) is 4.96. The van der Waals surface area contributed by atoms with Crippen LogP contribution in [-0.4, -0.2) is 47.7 Å². The van der Waals surface area contributed by atoms with Crippen LogP contribution in [0.3, 0.4) is 0 Å². The second-order valence-corrected chi connectivity index (χ2v) is 4.96. The summed E-state index contributed by atoms with van der Waals surface area (Å²) in [7, 11) is 0. The van der Waals surface area contributed by atoms with Crippen molar-refractivity contribution in [3.05, 3.63) is 11.1 Å². The SMILES string of the molecule is CCN(CC(C)(C)O)C(=O)C(C)=C1CNC1. The highest BCUT2D eigenvalue weighted by atomic mass is 16.3. The molecule has 0 aliphatic carbocycles. The Morgan fingerprint density at radius 3 is 2.38 bits per heavy atom. The fourth-order valence-electron chi connectivity index (χ4n) is 1.70. The molecule has 1 fully saturated rings. The number of nitrogens with zero attached hydrogens (tertiary/aromatic N) is 1. The van der Waals surface area contributed by atoms with Gasteiger partial charge in [-0.1, -0.05) is 0 Å². The van der Waals surface area contributed by atoms with Crippen LogP contribution in [0.2, 0.25) is 0 Å². The van der Waals surface area contributed by atoms with Crippen LogP contribution < -0.4 is 5.32 Å². The minimum Gasteiger partial charge on any atom is -0.389 e. The summed E-state index contributed by atoms with van der Waals surface area (Å²) < 4.78 is 0. The largest absolute Gasteiger partial charge is 0.389 e. The fourth-order valence-corrected chi connectivity index (χ4v) is 1.70. The topological polar surface area (TPSA) is 52.6 Å². The van der Waals surface area contributed by atoms with E-state index >= 15 is 0 Å². The number of hydrogen-bond donors (Lipinski definition) is 2. The molecule has 0 aromatic carbocycles. The number of hydrogen-bond acceptors (Lipinski definition) is 3. The Kier molecular flexibility index (Phi) is 4.10. The lowest BCUT2D eigenvalue weighted by Gasteiger charge is -2.30. The number of aliphatic hydroxyl groups is 1. The molecule has 16 heavy (non-hydrogen) atoms. The summed E-state index contributed by atoms with van der Waals surface area (Å²) in [6.07, 6.45) is 0. The molecule has 0 bridgehead atoms. The van der Waals surface area contributed by atoms with E-state index in [9.17, 15) is 9.90 Å². The molecule has 0 unspecified atom stereocenters. The molecule has 1 heterocycles. The van der Waals surface area contributed by atoms with Gasteiger partial charge in [-0.15, -0.1) is 0 Å². The first-order valence-electron chi connectivity index (χ1n) is 5.76. The van der Waals surface area contributed by atoms with Gasteiger partial charge in [0.2, 0.25) is 5.91 Å². The maximum atomic E-state index is 12.1. The highest BCUT2D eigenvalue weighted by Crippen LogP contribution is 2.14. The minimum absolute atomic E-state index is 0.0427. The van der Waals surface area contributed by atoms with Gasteiger partial charge in [0.1, 0.15) is 0 Å². The minimum atomic E-state index is -0.839. The molecule has 0 saturated carbocycles. The van der Waals surface area contributed by atoms with Crippen molar-refractivity contribution in [1.82, 2.24) is 10.2 Å². The van der Waals surface area contributed by atoms with E-state index < -0.39 is 5.60 Å². The van der Waals surface area contributed by atoms with Gasteiger partial charge in [-0.2, -0.15) is 0 Å². The van der Waals surface area contributed by atoms with Gasteiger partial charge >= 0.3 is 0 Å². The van der Waals surface area contributed by atoms with Crippen molar-refractivity contribution in [2.24, 2.45) is 0 Å². The fraction of sp³-hybridized carbons (Fsp3) is 0.750. The number of carbonyl (C=O) groups excluding carboxylic acids is 1. The lowest BCUT2D eigenvalue weighted by Crippen LogP contribution is -2.44. The molecule has 1 amide bonds. The zero-order valence-electron chi connectivity index (χ0n) is 10.6. The van der Waals surface area contributed by atoms with E-state index in [0.29, 0.717) is 13.1 Å². The van der Waals surface area contributed by atoms with Gasteiger partial charge in [-0.25, -0.2) is 0 Å². The van der Waals surface area contributed by atoms with Crippen LogP contribution >= 0.6 is 0 Å². The first-order valence-corrected chi connectivity index (χ1v) is 5.76. The molecule has 1 aliphatic heterocycles. The van der Waals surface area contributed by atoms with E-state index in [-0.39, 0.29) is 5.91 Å². The molecule has 0 spiro atoms. The van der Waals surface area contributed by atoms with Crippen LogP contribution in [0, 0.1) is 0 Å². The number of rotatable bonds is 4. The molecule has 1 aliphatic rings. The van der Waals surface area contributed by atoms with Gasteiger partial charge in [-0.3, -0.25) is 4.79 Å². The Hall–Kier alpha value is -0.870. The third kappa shape index (κ3) is 3.32. The summed E-state index contributed by atoms with van der Waals surface area (Å²) in [5.74, 6) is 0.0427. The van der Waals surface area contributed by atoms with Crippen LogP contribution in [0.15, 0.2) is 11.1 Å². The number of nitrogens with one attached hydrogen (secondary N) is 1. The van der Waals surface area contributed by atoms with Gasteiger partial charge in [-0.05, 0) is 33.3 Å². The number of amides is 1. The maximum absolute atomic E-state index is 12.1. The lowest BCUT2D eigenvalue weighted by molar-refractivity contribution is -0.129. The Bertz CT molecular complexity index is 297. The van der Waals surface area contributed by atoms with Crippen LogP contribution in [-0.2, 0) is 4.79 Å². The van der Waals surface area contributed by atoms with Crippen LogP contribution in [0.1, 0.15) is 27.7 Å². The van der Waals surface area contributed by atoms with Gasteiger partial charge in [0.25, 0.3) is 0 Å². The molecule has 0 atom stereocenters. The summed E-state index contributed by atoms with van der Waals surface area (Å²) >= 11 is 0. The predicted molar refractivity (Wildman–Crippen MR) is 64.1 cm³/mol. The molecule has 0 aromatic heterocycles. The third-order valence-electron chi connectivity index (χ3n) is 2.77. The van der Waals surface area contributed by atoms with Crippen molar-refractivity contribution in [2.45, 2.75) is 33.3 Å². The summed E-state index contributed by atoms with van der Waals surface area (Å²) in [4.78, 5) is 13.8. The Morgan fingerprint density at radius 1 is 1.50 bits per heavy atom. The Labute approximate surface area is 97.3 Å². The van der Waals surface area contributed by atoms with E-state index in [1.807, 2.05) is 13.8 Å². The first kappa shape index (κ1) is 13.2. The van der Waals surface area contributed by atoms with E-state index in [2.05, 4.69) is 5.32 Å². The predicted octanol–water partition coefficient (Wildman–Crippen LogP) is 0.525. The maximum Gasteiger partial charge on any atom is 0.249 e. The van der Waals surface area contributed by atoms with Gasteiger partial charge in [0.05, 0.1) is 5.60 Å². The zero-order chi connectivity index (χ0) is 12.3. The molecule has 0 aromatic rings. The van der Waals surface area contributed by atoms with Gasteiger partial charge < -0.3 is 15.3 Å². The monoisotopic (exact) mass is 226 g/mol. The number of likely N-dealkylation sites (N-methyl/N-ethyl adjacent to an activating group) is 1. The van der Waals surface area contributed by atoms with Crippen LogP contribution in [0.5, 0.6) is 0 Å². The molecule has 1 rings (SSSR count). The second kappa shape index (κ2) is 4.97. The molecule has 1 saturated heterocycles. The molecule has 4 heteroatoms. The highest BCUT2D eigenvalue weighted by molar-refractivity contribution is 5.94. The smallest absolute Gasteiger partial charge is 0.249 e. The standard InChI is InChI=1S/C12H22N2O2/c1-5-14(8-12(3,4)16)11(15)9(2)10-6-13-7-10/h13,16H,5-8H2,1-4H3. The Morgan fingerprint density at radius 2 is 2.06 bits per heavy atom. The zero-order valence-corrected chi connectivity index (χ0v) is 10.6. The van der Waals surface area contributed by atoms with Gasteiger partial charge in [0.15, 0.2) is 0 Å². The van der Waals surface area contributed by atoms with E-state index in [4.69, 9.17) is 0 Å². The average Bonchev–Trinajstić information content (AvgIpc) is 2.08. The van der Waals surface area contributed by atoms with Crippen molar-refractivity contribution in [3.8, 4) is 0 Å². The van der Waals surface area contributed by atoms with E-state index in [1.165, 1.54) is 5.57 Å². The molecular formula is C12H22N2O2. The molecule has 92 valence electrons. The summed E-state index contributed by atoms with van der Waals surface area (Å²) in [5.41, 5.74) is 1.16. The first-order chi connectivity index (χ1) is 7.35. The van der Waals surface area contributed by atoms with Crippen LogP contribution in [0.25, 0.3) is 0 Å². The van der Waals surface area contributed by atoms with Crippen LogP contribution in [0.4, 0.5) is 0 Å². The molecule has 4 nitrogen and oxygen atoms in total. The van der Waals surface area contributed by atoms with Gasteiger partial charge in [0, 0.05) is 31.8 Å². The molecule has 0 radical (unpaired) electrons. The average molecular weight is 226 g/mol. The lowest BCUT2D eigenvalue weighted by atomic mass is 10.0. The quantitative estimate of drug-likeness (QED) is 0.687. The normalized spacial score (nSPS) is 15.7. The van der Waals surface area contributed by atoms with Crippen molar-refractivity contribution in [3.63, 3.8) is 0 Å². The van der Waals surface area contributed by atoms with Crippen molar-refractivity contribution in [2.75, 3.05) is 26.2 Å². The van der Waals surface area contributed by atoms with E-state index in [1.54, 1.807) is 18.7 Å². The molecular weight excluding hydrogens is 204 g/mol. The highest BCUT2D eigenvalue weighted by Gasteiger charge is 2.24. The van der Waals surface area contributed by atoms with Crippen molar-refractivity contribution in [1.29, 1.82) is 0 Å². The Balaban J connectivity index is 2.69. The summed E-state index contributed by atoms with van der Waals surface area (Å²) in [6, 6.07) is 0. The summed E-state index contributed by atoms with van der Waals surface area (Å²) in [6.45, 7) is 9.87. The molecule has 2 N–H and O–H groups in total. The summed E-state index contributed by atoms with van der Waals surface area (Å²) in [5, 5.41) is 12.9. The van der Waals surface area contributed by atoms with Crippen molar-refractivity contribution < 1.29 is 9.90 Å². The number of carbonyl (C=O) groups is 1. The van der Waals surface area contributed by atoms with Crippen molar-refractivity contribution >= 4 is 5.91 Å². The third-order valence-corrected chi connectivity index (χ3v) is 2.77. The van der Waals surface area contributed by atoms with E-state index in [0.717, 1.165) is 18.7 Å².